The molecule has 1 N–H and O–H groups in total. The summed E-state index contributed by atoms with van der Waals surface area (Å²) in [5, 5.41) is 11.0. The number of hydrogen-bond donors (Lipinski definition) is 1. The molecule has 1 amide bonds. The van der Waals surface area contributed by atoms with Crippen LogP contribution in [-0.2, 0) is 26.1 Å². The number of aromatic nitrogens is 3. The summed E-state index contributed by atoms with van der Waals surface area (Å²) in [6.45, 7) is 4.25. The van der Waals surface area contributed by atoms with Crippen LogP contribution in [0, 0.1) is 5.92 Å². The van der Waals surface area contributed by atoms with Crippen LogP contribution in [0.4, 0.5) is 0 Å². The smallest absolute Gasteiger partial charge is 0.243 e. The minimum Gasteiger partial charge on any atom is -0.383 e. The number of carbonyl (C=O) groups is 1. The van der Waals surface area contributed by atoms with Crippen LogP contribution < -0.4 is 5.32 Å². The molecule has 9 nitrogen and oxygen atoms in total. The molecule has 2 heterocycles. The number of amides is 1. The van der Waals surface area contributed by atoms with Gasteiger partial charge in [-0.3, -0.25) is 4.79 Å². The van der Waals surface area contributed by atoms with E-state index in [2.05, 4.69) is 15.6 Å². The maximum atomic E-state index is 13.1. The van der Waals surface area contributed by atoms with Crippen molar-refractivity contribution in [2.45, 2.75) is 37.6 Å². The highest BCUT2D eigenvalue weighted by molar-refractivity contribution is 7.89. The van der Waals surface area contributed by atoms with Crippen molar-refractivity contribution in [2.24, 2.45) is 5.92 Å². The Labute approximate surface area is 165 Å². The average molecular weight is 410 g/mol. The highest BCUT2D eigenvalue weighted by Crippen LogP contribution is 2.25. The van der Waals surface area contributed by atoms with Crippen LogP contribution in [0.3, 0.4) is 0 Å². The monoisotopic (exact) mass is 409 g/mol. The lowest BCUT2D eigenvalue weighted by Gasteiger charge is -2.31. The Morgan fingerprint density at radius 1 is 1.39 bits per heavy atom. The maximum absolute atomic E-state index is 13.1. The van der Waals surface area contributed by atoms with Gasteiger partial charge in [0.05, 0.1) is 29.5 Å². The summed E-state index contributed by atoms with van der Waals surface area (Å²) in [4.78, 5) is 12.4. The number of ether oxygens (including phenoxy) is 1. The van der Waals surface area contributed by atoms with Gasteiger partial charge in [-0.05, 0) is 37.5 Å². The number of piperidine rings is 1. The van der Waals surface area contributed by atoms with Gasteiger partial charge in [0.15, 0.2) is 0 Å². The summed E-state index contributed by atoms with van der Waals surface area (Å²) in [5.41, 5.74) is 1.28. The molecule has 0 unspecified atom stereocenters. The van der Waals surface area contributed by atoms with Gasteiger partial charge in [0.1, 0.15) is 5.52 Å². The Hall–Kier alpha value is -2.04. The first kappa shape index (κ1) is 20.7. The van der Waals surface area contributed by atoms with Crippen LogP contribution >= 0.6 is 0 Å². The van der Waals surface area contributed by atoms with Gasteiger partial charge in [-0.25, -0.2) is 13.1 Å². The Morgan fingerprint density at radius 3 is 2.96 bits per heavy atom. The fourth-order valence-corrected chi connectivity index (χ4v) is 4.92. The standard InChI is InChI=1S/C18H27N5O4S/c1-3-8-19-18(24)14-5-4-9-22(13-14)28(25,26)15-6-7-17-16(12-15)20-21-23(17)10-11-27-2/h6-7,12,14H,3-5,8-11,13H2,1-2H3,(H,19,24)/t14-/m0/s1. The lowest BCUT2D eigenvalue weighted by Crippen LogP contribution is -2.45. The molecule has 0 aliphatic carbocycles. The summed E-state index contributed by atoms with van der Waals surface area (Å²) in [6, 6.07) is 4.83. The Bertz CT molecular complexity index is 927. The second-order valence-electron chi connectivity index (χ2n) is 6.95. The lowest BCUT2D eigenvalue weighted by molar-refractivity contribution is -0.126. The minimum atomic E-state index is -3.70. The summed E-state index contributed by atoms with van der Waals surface area (Å²) in [6.07, 6.45) is 2.22. The van der Waals surface area contributed by atoms with E-state index < -0.39 is 10.0 Å². The third-order valence-electron chi connectivity index (χ3n) is 4.93. The van der Waals surface area contributed by atoms with Crippen LogP contribution in [0.1, 0.15) is 26.2 Å². The average Bonchev–Trinajstić information content (AvgIpc) is 3.12. The van der Waals surface area contributed by atoms with E-state index in [9.17, 15) is 13.2 Å². The van der Waals surface area contributed by atoms with E-state index >= 15 is 0 Å². The molecule has 28 heavy (non-hydrogen) atoms. The molecule has 2 aromatic rings. The number of carbonyl (C=O) groups excluding carboxylic acids is 1. The number of nitrogens with one attached hydrogen (secondary N) is 1. The van der Waals surface area contributed by atoms with Crippen LogP contribution in [0.2, 0.25) is 0 Å². The van der Waals surface area contributed by atoms with Crippen molar-refractivity contribution in [1.82, 2.24) is 24.6 Å². The molecule has 1 fully saturated rings. The number of benzene rings is 1. The number of sulfonamides is 1. The first-order valence-electron chi connectivity index (χ1n) is 9.57. The molecule has 1 saturated heterocycles. The van der Waals surface area contributed by atoms with E-state index in [4.69, 9.17) is 4.74 Å². The first-order valence-corrected chi connectivity index (χ1v) is 11.0. The van der Waals surface area contributed by atoms with Crippen molar-refractivity contribution < 1.29 is 17.9 Å². The molecule has 1 aliphatic rings. The topological polar surface area (TPSA) is 106 Å². The maximum Gasteiger partial charge on any atom is 0.243 e. The Balaban J connectivity index is 1.79. The summed E-state index contributed by atoms with van der Waals surface area (Å²) >= 11 is 0. The van der Waals surface area contributed by atoms with Crippen molar-refractivity contribution in [3.05, 3.63) is 18.2 Å². The molecule has 1 aromatic carbocycles. The zero-order valence-electron chi connectivity index (χ0n) is 16.3. The molecule has 0 bridgehead atoms. The van der Waals surface area contributed by atoms with Gasteiger partial charge in [-0.15, -0.1) is 5.10 Å². The highest BCUT2D eigenvalue weighted by atomic mass is 32.2. The van der Waals surface area contributed by atoms with Gasteiger partial charge in [0.2, 0.25) is 15.9 Å². The third kappa shape index (κ3) is 4.34. The van der Waals surface area contributed by atoms with Gasteiger partial charge < -0.3 is 10.1 Å². The minimum absolute atomic E-state index is 0.0710. The van der Waals surface area contributed by atoms with E-state index in [0.717, 1.165) is 11.9 Å². The van der Waals surface area contributed by atoms with Crippen LogP contribution in [0.15, 0.2) is 23.1 Å². The third-order valence-corrected chi connectivity index (χ3v) is 6.80. The molecular formula is C18H27N5O4S. The number of hydrogen-bond acceptors (Lipinski definition) is 6. The Morgan fingerprint density at radius 2 is 2.21 bits per heavy atom. The van der Waals surface area contributed by atoms with Crippen molar-refractivity contribution in [3.8, 4) is 0 Å². The lowest BCUT2D eigenvalue weighted by atomic mass is 9.99. The van der Waals surface area contributed by atoms with Crippen molar-refractivity contribution in [1.29, 1.82) is 0 Å². The number of nitrogens with zero attached hydrogens (tertiary/aromatic N) is 4. The summed E-state index contributed by atoms with van der Waals surface area (Å²) in [5.74, 6) is -0.382. The van der Waals surface area contributed by atoms with Crippen molar-refractivity contribution >= 4 is 27.0 Å². The number of fused-ring (bicyclic) bond motifs is 1. The highest BCUT2D eigenvalue weighted by Gasteiger charge is 2.33. The molecule has 1 aliphatic heterocycles. The molecule has 3 rings (SSSR count). The van der Waals surface area contributed by atoms with Gasteiger partial charge in [0, 0.05) is 26.7 Å². The molecule has 0 saturated carbocycles. The number of methoxy groups -OCH3 is 1. The van der Waals surface area contributed by atoms with Crippen LogP contribution in [-0.4, -0.2) is 67.0 Å². The predicted octanol–water partition coefficient (Wildman–Crippen LogP) is 1.00. The van der Waals surface area contributed by atoms with Gasteiger partial charge >= 0.3 is 0 Å². The quantitative estimate of drug-likeness (QED) is 0.697. The van der Waals surface area contributed by atoms with Crippen molar-refractivity contribution in [3.63, 3.8) is 0 Å². The first-order chi connectivity index (χ1) is 13.5. The number of rotatable bonds is 8. The molecule has 10 heteroatoms. The SMILES string of the molecule is CCCNC(=O)[C@H]1CCCN(S(=O)(=O)c2ccc3c(c2)nnn3CCOC)C1. The van der Waals surface area contributed by atoms with E-state index in [1.165, 1.54) is 4.31 Å². The fourth-order valence-electron chi connectivity index (χ4n) is 3.37. The van der Waals surface area contributed by atoms with E-state index in [-0.39, 0.29) is 23.3 Å². The summed E-state index contributed by atoms with van der Waals surface area (Å²) < 4.78 is 34.4. The molecule has 0 radical (unpaired) electrons. The summed E-state index contributed by atoms with van der Waals surface area (Å²) in [7, 11) is -2.09. The van der Waals surface area contributed by atoms with Gasteiger partial charge in [-0.2, -0.15) is 4.31 Å². The van der Waals surface area contributed by atoms with Crippen LogP contribution in [0.25, 0.3) is 11.0 Å². The normalized spacial score (nSPS) is 18.4. The van der Waals surface area contributed by atoms with Gasteiger partial charge in [-0.1, -0.05) is 12.1 Å². The second kappa shape index (κ2) is 8.97. The van der Waals surface area contributed by atoms with Gasteiger partial charge in [0.25, 0.3) is 0 Å². The largest absolute Gasteiger partial charge is 0.383 e. The zero-order valence-corrected chi connectivity index (χ0v) is 17.1. The zero-order chi connectivity index (χ0) is 20.1. The molecule has 154 valence electrons. The van der Waals surface area contributed by atoms with Crippen LogP contribution in [0.5, 0.6) is 0 Å². The predicted molar refractivity (Wildman–Crippen MR) is 104 cm³/mol. The van der Waals surface area contributed by atoms with E-state index in [1.807, 2.05) is 6.92 Å². The molecule has 1 aromatic heterocycles. The molecule has 1 atom stereocenters. The molecular weight excluding hydrogens is 382 g/mol. The van der Waals surface area contributed by atoms with E-state index in [1.54, 1.807) is 30.0 Å². The fraction of sp³-hybridized carbons (Fsp3) is 0.611. The Kier molecular flexibility index (Phi) is 6.63. The molecule has 0 spiro atoms. The van der Waals surface area contributed by atoms with E-state index in [0.29, 0.717) is 44.6 Å². The van der Waals surface area contributed by atoms with Crippen molar-refractivity contribution in [2.75, 3.05) is 33.4 Å². The second-order valence-corrected chi connectivity index (χ2v) is 8.89.